The molecular formula is C28H47N5O5. The number of fused-ring (bicyclic) bond motifs is 1. The molecule has 5 atom stereocenters. The Kier molecular flexibility index (Phi) is 4.73. The van der Waals surface area contributed by atoms with Crippen LogP contribution in [0.5, 0.6) is 0 Å². The highest BCUT2D eigenvalue weighted by atomic mass is 16.2. The van der Waals surface area contributed by atoms with E-state index in [0.717, 1.165) is 4.90 Å². The lowest BCUT2D eigenvalue weighted by Gasteiger charge is -2.36. The summed E-state index contributed by atoms with van der Waals surface area (Å²) in [6.45, 7) is -3.19. The zero-order chi connectivity index (χ0) is 39.0. The average molecular weight is 546 g/mol. The maximum atomic E-state index is 14.5. The Morgan fingerprint density at radius 1 is 1.13 bits per heavy atom. The first-order chi connectivity index (χ1) is 22.2. The molecule has 0 aromatic carbocycles. The second kappa shape index (κ2) is 10.5. The van der Waals surface area contributed by atoms with Crippen molar-refractivity contribution in [1.82, 2.24) is 20.9 Å². The van der Waals surface area contributed by atoms with Crippen LogP contribution in [0, 0.1) is 28.6 Å². The molecule has 1 aliphatic heterocycles. The summed E-state index contributed by atoms with van der Waals surface area (Å²) in [5.41, 5.74) is 0.0694. The topological polar surface area (TPSA) is 151 Å². The Morgan fingerprint density at radius 2 is 1.76 bits per heavy atom. The van der Waals surface area contributed by atoms with E-state index < -0.39 is 115 Å². The fraction of sp³-hybridized carbons (Fsp3) is 0.821. The van der Waals surface area contributed by atoms with Crippen molar-refractivity contribution >= 4 is 29.5 Å². The summed E-state index contributed by atoms with van der Waals surface area (Å²) in [4.78, 5) is 67.6. The molecule has 3 rings (SSSR count). The van der Waals surface area contributed by atoms with Gasteiger partial charge < -0.3 is 26.6 Å². The first kappa shape index (κ1) is 17.1. The molecule has 2 saturated carbocycles. The number of nitrogens with two attached hydrogens (primary N) is 1. The van der Waals surface area contributed by atoms with E-state index in [1.54, 1.807) is 34.6 Å². The van der Waals surface area contributed by atoms with Crippen molar-refractivity contribution in [2.24, 2.45) is 34.3 Å². The van der Waals surface area contributed by atoms with Gasteiger partial charge in [-0.25, -0.2) is 4.79 Å². The van der Waals surface area contributed by atoms with Crippen molar-refractivity contribution in [3.8, 4) is 0 Å². The molecule has 3 fully saturated rings. The lowest BCUT2D eigenvalue weighted by Crippen LogP contribution is -2.60. The number of hydrogen-bond acceptors (Lipinski definition) is 5. The zero-order valence-electron chi connectivity index (χ0n) is 34.5. The number of piperidine rings is 1. The molecule has 0 aromatic rings. The predicted octanol–water partition coefficient (Wildman–Crippen LogP) is 2.10. The highest BCUT2D eigenvalue weighted by Crippen LogP contribution is 2.65. The van der Waals surface area contributed by atoms with Crippen LogP contribution in [0.1, 0.15) is 104 Å². The Hall–Kier alpha value is -2.65. The monoisotopic (exact) mass is 545 g/mol. The van der Waals surface area contributed by atoms with Crippen molar-refractivity contribution in [3.05, 3.63) is 0 Å². The van der Waals surface area contributed by atoms with Gasteiger partial charge in [0.15, 0.2) is 0 Å². The quantitative estimate of drug-likeness (QED) is 0.327. The molecule has 0 spiro atoms. The Labute approximate surface area is 243 Å². The van der Waals surface area contributed by atoms with E-state index in [0.29, 0.717) is 6.42 Å². The van der Waals surface area contributed by atoms with Crippen LogP contribution in [0.4, 0.5) is 4.79 Å². The van der Waals surface area contributed by atoms with Crippen LogP contribution >= 0.6 is 0 Å². The van der Waals surface area contributed by atoms with E-state index in [4.69, 9.17) is 22.2 Å². The van der Waals surface area contributed by atoms with Crippen LogP contribution < -0.4 is 21.7 Å². The Bertz CT molecular complexity index is 1370. The number of nitrogens with zero attached hydrogens (tertiary/aromatic N) is 1. The molecule has 38 heavy (non-hydrogen) atoms. The normalized spacial score (nSPS) is 32.8. The first-order valence-corrected chi connectivity index (χ1v) is 12.7. The molecule has 1 unspecified atom stereocenters. The van der Waals surface area contributed by atoms with Crippen molar-refractivity contribution in [2.75, 3.05) is 6.54 Å². The van der Waals surface area contributed by atoms with E-state index in [1.807, 2.05) is 0 Å². The fourth-order valence-corrected chi connectivity index (χ4v) is 5.29. The third-order valence-corrected chi connectivity index (χ3v) is 7.52. The Balaban J connectivity index is 2.14. The molecule has 5 amide bonds. The number of ketones is 1. The molecule has 1 saturated heterocycles. The summed E-state index contributed by atoms with van der Waals surface area (Å²) in [6, 6.07) is -8.04. The fourth-order valence-electron chi connectivity index (χ4n) is 5.29. The number of likely N-dealkylation sites (tertiary alicyclic amines) is 1. The molecule has 2 aliphatic carbocycles. The van der Waals surface area contributed by atoms with Gasteiger partial charge in [0.25, 0.3) is 5.91 Å². The van der Waals surface area contributed by atoms with Crippen molar-refractivity contribution in [3.63, 3.8) is 0 Å². The van der Waals surface area contributed by atoms with Gasteiger partial charge in [-0.05, 0) is 62.1 Å². The third-order valence-electron chi connectivity index (χ3n) is 7.52. The SMILES string of the molecule is [2H]C([2H])([2H])C(C[C@H](NC(=O)NC(C)(C)C)C(=O)N1C[C@H]2[C@@H]([C@H]1C(=O)NC([2H])(C(=O)C(N)=O)C([2H])([2H])C1CCC1)C2(C)C)(C([2H])([2H])[2H])C([2H])([2H])[2H]. The minimum Gasteiger partial charge on any atom is -0.363 e. The lowest BCUT2D eigenvalue weighted by molar-refractivity contribution is -0.144. The Morgan fingerprint density at radius 3 is 2.26 bits per heavy atom. The van der Waals surface area contributed by atoms with Crippen LogP contribution in [0.2, 0.25) is 0 Å². The van der Waals surface area contributed by atoms with Gasteiger partial charge in [-0.2, -0.15) is 0 Å². The van der Waals surface area contributed by atoms with Gasteiger partial charge in [-0.1, -0.05) is 53.7 Å². The van der Waals surface area contributed by atoms with Gasteiger partial charge in [-0.3, -0.25) is 19.2 Å². The number of nitrogens with one attached hydrogen (secondary N) is 3. The van der Waals surface area contributed by atoms with Crippen LogP contribution in [-0.4, -0.2) is 64.6 Å². The molecule has 3 aliphatic rings. The van der Waals surface area contributed by atoms with Gasteiger partial charge >= 0.3 is 6.03 Å². The van der Waals surface area contributed by atoms with E-state index in [1.165, 1.54) is 0 Å². The van der Waals surface area contributed by atoms with Gasteiger partial charge in [-0.15, -0.1) is 0 Å². The average Bonchev–Trinajstić information content (AvgIpc) is 3.18. The molecular weight excluding hydrogens is 486 g/mol. The van der Waals surface area contributed by atoms with E-state index in [2.05, 4.69) is 16.0 Å². The number of urea groups is 1. The molecule has 0 radical (unpaired) electrons. The maximum Gasteiger partial charge on any atom is 0.315 e. The van der Waals surface area contributed by atoms with Crippen molar-refractivity contribution < 1.29 is 40.4 Å². The lowest BCUT2D eigenvalue weighted by atomic mass is 9.80. The minimum absolute atomic E-state index is 0.222. The first-order valence-electron chi connectivity index (χ1n) is 18.7. The number of carbonyl (C=O) groups is 5. The molecule has 1 heterocycles. The second-order valence-corrected chi connectivity index (χ2v) is 12.2. The number of hydrogen-bond donors (Lipinski definition) is 4. The number of primary amides is 1. The maximum absolute atomic E-state index is 14.5. The van der Waals surface area contributed by atoms with E-state index in [-0.39, 0.29) is 19.4 Å². The molecule has 10 nitrogen and oxygen atoms in total. The van der Waals surface area contributed by atoms with Crippen molar-refractivity contribution in [2.45, 2.75) is 111 Å². The summed E-state index contributed by atoms with van der Waals surface area (Å²) in [7, 11) is 0. The molecule has 0 aromatic heterocycles. The van der Waals surface area contributed by atoms with Crippen LogP contribution in [0.25, 0.3) is 0 Å². The highest BCUT2D eigenvalue weighted by molar-refractivity contribution is 6.37. The summed E-state index contributed by atoms with van der Waals surface area (Å²) in [5, 5.41) is 6.77. The van der Waals surface area contributed by atoms with Crippen molar-refractivity contribution in [1.29, 1.82) is 0 Å². The standard InChI is InChI=1S/C28H47N5O5/c1-26(2,3)13-18(31-25(38)32-27(4,5)6)24(37)33-14-16-19(28(16,7)8)20(33)23(36)30-17(21(34)22(29)35)12-15-10-9-11-15/h15-20H,9-14H2,1-8H3,(H2,29,35)(H,30,36)(H2,31,32,38)/t16-,17?,18-,19-,20-/m0/s1/i1D3,2D3,3D3,12D2,17D. The molecule has 0 bridgehead atoms. The molecule has 5 N–H and O–H groups in total. The number of carbonyl (C=O) groups excluding carboxylic acids is 5. The number of amides is 5. The summed E-state index contributed by atoms with van der Waals surface area (Å²) >= 11 is 0. The van der Waals surface area contributed by atoms with Gasteiger partial charge in [0.1, 0.15) is 12.1 Å². The van der Waals surface area contributed by atoms with E-state index >= 15 is 0 Å². The summed E-state index contributed by atoms with van der Waals surface area (Å²) < 4.78 is 98.8. The third kappa shape index (κ3) is 6.86. The van der Waals surface area contributed by atoms with Gasteiger partial charge in [0.05, 0.1) is 7.39 Å². The predicted molar refractivity (Wildman–Crippen MR) is 144 cm³/mol. The van der Waals surface area contributed by atoms with Crippen LogP contribution in [-0.2, 0) is 19.2 Å². The summed E-state index contributed by atoms with van der Waals surface area (Å²) in [6.07, 6.45) is -3.15. The zero-order valence-corrected chi connectivity index (χ0v) is 22.5. The van der Waals surface area contributed by atoms with Crippen LogP contribution in [0.3, 0.4) is 0 Å². The van der Waals surface area contributed by atoms with Gasteiger partial charge in [0, 0.05) is 27.2 Å². The minimum atomic E-state index is -3.73. The summed E-state index contributed by atoms with van der Waals surface area (Å²) in [5.74, 6) is -7.86. The van der Waals surface area contributed by atoms with E-state index in [9.17, 15) is 24.0 Å². The number of Topliss-reactive ketones (excluding diaryl/α,β-unsaturated/α-hetero) is 1. The van der Waals surface area contributed by atoms with Gasteiger partial charge in [0.2, 0.25) is 17.6 Å². The molecule has 10 heteroatoms. The molecule has 214 valence electrons. The van der Waals surface area contributed by atoms with Crippen LogP contribution in [0.15, 0.2) is 0 Å². The number of rotatable bonds is 9. The largest absolute Gasteiger partial charge is 0.363 e. The highest BCUT2D eigenvalue weighted by Gasteiger charge is 2.69. The smallest absolute Gasteiger partial charge is 0.315 e. The second-order valence-electron chi connectivity index (χ2n) is 12.2.